The van der Waals surface area contributed by atoms with Crippen LogP contribution in [-0.4, -0.2) is 29.0 Å². The minimum atomic E-state index is -0.516. The van der Waals surface area contributed by atoms with Gasteiger partial charge in [-0.3, -0.25) is 10.1 Å². The van der Waals surface area contributed by atoms with Gasteiger partial charge in [0, 0.05) is 18.8 Å². The van der Waals surface area contributed by atoms with E-state index >= 15 is 0 Å². The molecule has 92 valence electrons. The molecule has 1 aromatic heterocycles. The summed E-state index contributed by atoms with van der Waals surface area (Å²) in [5, 5.41) is 17.3. The van der Waals surface area contributed by atoms with E-state index in [1.807, 2.05) is 0 Å². The summed E-state index contributed by atoms with van der Waals surface area (Å²) in [5.74, 6) is -0.0772. The van der Waals surface area contributed by atoms with Crippen molar-refractivity contribution in [3.05, 3.63) is 20.8 Å². The predicted molar refractivity (Wildman–Crippen MR) is 67.9 cm³/mol. The van der Waals surface area contributed by atoms with Crippen molar-refractivity contribution in [3.8, 4) is 0 Å². The Morgan fingerprint density at radius 2 is 2.47 bits per heavy atom. The Hall–Kier alpha value is -1.41. The van der Waals surface area contributed by atoms with Crippen molar-refractivity contribution in [2.75, 3.05) is 24.1 Å². The largest absolute Gasteiger partial charge is 0.378 e. The maximum absolute atomic E-state index is 11.0. The van der Waals surface area contributed by atoms with Gasteiger partial charge in [-0.25, -0.2) is 4.98 Å². The van der Waals surface area contributed by atoms with Crippen molar-refractivity contribution in [2.24, 2.45) is 0 Å². The molecule has 0 aliphatic carbocycles. The number of nitrogens with zero attached hydrogens (tertiary/aromatic N) is 2. The first-order chi connectivity index (χ1) is 8.09. The molecule has 0 saturated carbocycles. The Kier molecular flexibility index (Phi) is 3.43. The lowest BCUT2D eigenvalue weighted by atomic mass is 10.2. The topological polar surface area (TPSA) is 106 Å². The third-order valence-corrected chi connectivity index (χ3v) is 3.23. The highest BCUT2D eigenvalue weighted by molar-refractivity contribution is 9.10. The van der Waals surface area contributed by atoms with Gasteiger partial charge in [-0.2, -0.15) is 0 Å². The standard InChI is InChI=1S/C9H12BrN5O2/c10-6-4-13-9(11)8(15(16)17)7(6)14-5-1-2-12-3-5/h4-5,12H,1-3H2,(H3,11,13,14). The van der Waals surface area contributed by atoms with Gasteiger partial charge in [-0.1, -0.05) is 0 Å². The normalized spacial score (nSPS) is 19.2. The minimum Gasteiger partial charge on any atom is -0.378 e. The molecular formula is C9H12BrN5O2. The molecule has 1 unspecified atom stereocenters. The zero-order chi connectivity index (χ0) is 12.4. The van der Waals surface area contributed by atoms with Crippen molar-refractivity contribution >= 4 is 33.1 Å². The van der Waals surface area contributed by atoms with E-state index in [4.69, 9.17) is 5.73 Å². The lowest BCUT2D eigenvalue weighted by Gasteiger charge is -2.14. The van der Waals surface area contributed by atoms with Gasteiger partial charge in [0.1, 0.15) is 5.69 Å². The second kappa shape index (κ2) is 4.84. The summed E-state index contributed by atoms with van der Waals surface area (Å²) >= 11 is 3.25. The highest BCUT2D eigenvalue weighted by atomic mass is 79.9. The number of nitrogens with one attached hydrogen (secondary N) is 2. The second-order valence-electron chi connectivity index (χ2n) is 3.81. The van der Waals surface area contributed by atoms with Crippen LogP contribution >= 0.6 is 15.9 Å². The number of hydrogen-bond acceptors (Lipinski definition) is 6. The quantitative estimate of drug-likeness (QED) is 0.570. The molecule has 1 atom stereocenters. The van der Waals surface area contributed by atoms with Crippen LogP contribution in [0.1, 0.15) is 6.42 Å². The summed E-state index contributed by atoms with van der Waals surface area (Å²) in [5.41, 5.74) is 5.76. The highest BCUT2D eigenvalue weighted by Crippen LogP contribution is 2.36. The Morgan fingerprint density at radius 1 is 1.71 bits per heavy atom. The molecule has 0 bridgehead atoms. The molecule has 0 radical (unpaired) electrons. The third kappa shape index (κ3) is 2.47. The van der Waals surface area contributed by atoms with E-state index < -0.39 is 4.92 Å². The van der Waals surface area contributed by atoms with Gasteiger partial charge in [0.25, 0.3) is 0 Å². The molecule has 0 amide bonds. The first-order valence-corrected chi connectivity index (χ1v) is 5.94. The molecule has 1 aliphatic rings. The molecule has 8 heteroatoms. The van der Waals surface area contributed by atoms with Gasteiger partial charge in [-0.15, -0.1) is 0 Å². The number of pyridine rings is 1. The SMILES string of the molecule is Nc1ncc(Br)c(NC2CCNC2)c1[N+](=O)[O-]. The smallest absolute Gasteiger partial charge is 0.335 e. The van der Waals surface area contributed by atoms with Gasteiger partial charge in [-0.05, 0) is 28.9 Å². The summed E-state index contributed by atoms with van der Waals surface area (Å²) in [6, 6.07) is 0.173. The predicted octanol–water partition coefficient (Wildman–Crippen LogP) is 1.11. The number of hydrogen-bond donors (Lipinski definition) is 3. The Balaban J connectivity index is 2.36. The fourth-order valence-corrected chi connectivity index (χ4v) is 2.20. The summed E-state index contributed by atoms with van der Waals surface area (Å²) in [7, 11) is 0. The molecule has 0 aromatic carbocycles. The maximum atomic E-state index is 11.0. The fraction of sp³-hybridized carbons (Fsp3) is 0.444. The summed E-state index contributed by atoms with van der Waals surface area (Å²) < 4.78 is 0.547. The molecular weight excluding hydrogens is 290 g/mol. The van der Waals surface area contributed by atoms with Crippen LogP contribution < -0.4 is 16.4 Å². The molecule has 1 aromatic rings. The molecule has 1 saturated heterocycles. The number of halogens is 1. The fourth-order valence-electron chi connectivity index (χ4n) is 1.80. The van der Waals surface area contributed by atoms with Crippen molar-refractivity contribution in [3.63, 3.8) is 0 Å². The molecule has 17 heavy (non-hydrogen) atoms. The van der Waals surface area contributed by atoms with Crippen LogP contribution in [0.3, 0.4) is 0 Å². The number of anilines is 2. The Morgan fingerprint density at radius 3 is 3.06 bits per heavy atom. The lowest BCUT2D eigenvalue weighted by Crippen LogP contribution is -2.23. The lowest BCUT2D eigenvalue weighted by molar-refractivity contribution is -0.383. The van der Waals surface area contributed by atoms with Crippen molar-refractivity contribution in [2.45, 2.75) is 12.5 Å². The van der Waals surface area contributed by atoms with Gasteiger partial charge >= 0.3 is 5.69 Å². The molecule has 0 spiro atoms. The number of nitro groups is 1. The zero-order valence-electron chi connectivity index (χ0n) is 8.94. The van der Waals surface area contributed by atoms with E-state index in [0.29, 0.717) is 10.2 Å². The first-order valence-electron chi connectivity index (χ1n) is 5.15. The van der Waals surface area contributed by atoms with Gasteiger partial charge in [0.05, 0.1) is 9.40 Å². The van der Waals surface area contributed by atoms with Gasteiger partial charge < -0.3 is 16.4 Å². The molecule has 1 fully saturated rings. The van der Waals surface area contributed by atoms with Gasteiger partial charge in [0.2, 0.25) is 5.82 Å². The van der Waals surface area contributed by atoms with E-state index in [1.165, 1.54) is 6.20 Å². The van der Waals surface area contributed by atoms with E-state index in [1.54, 1.807) is 0 Å². The van der Waals surface area contributed by atoms with Crippen LogP contribution in [0.5, 0.6) is 0 Å². The van der Waals surface area contributed by atoms with Crippen LogP contribution in [-0.2, 0) is 0 Å². The average molecular weight is 302 g/mol. The highest BCUT2D eigenvalue weighted by Gasteiger charge is 2.25. The van der Waals surface area contributed by atoms with Crippen molar-refractivity contribution < 1.29 is 4.92 Å². The Bertz CT molecular complexity index is 447. The summed E-state index contributed by atoms with van der Waals surface area (Å²) in [6.07, 6.45) is 2.39. The van der Waals surface area contributed by atoms with Crippen LogP contribution in [0, 0.1) is 10.1 Å². The van der Waals surface area contributed by atoms with Crippen LogP contribution in [0.15, 0.2) is 10.7 Å². The van der Waals surface area contributed by atoms with E-state index in [-0.39, 0.29) is 17.5 Å². The number of rotatable bonds is 3. The third-order valence-electron chi connectivity index (χ3n) is 2.63. The van der Waals surface area contributed by atoms with Crippen LogP contribution in [0.2, 0.25) is 0 Å². The first kappa shape index (κ1) is 12.1. The molecule has 7 nitrogen and oxygen atoms in total. The van der Waals surface area contributed by atoms with Crippen LogP contribution in [0.25, 0.3) is 0 Å². The number of nitrogen functional groups attached to an aromatic ring is 1. The van der Waals surface area contributed by atoms with Gasteiger partial charge in [0.15, 0.2) is 0 Å². The van der Waals surface area contributed by atoms with Crippen molar-refractivity contribution in [1.82, 2.24) is 10.3 Å². The Labute approximate surface area is 106 Å². The van der Waals surface area contributed by atoms with E-state index in [0.717, 1.165) is 19.5 Å². The molecule has 2 heterocycles. The summed E-state index contributed by atoms with van der Waals surface area (Å²) in [6.45, 7) is 1.69. The maximum Gasteiger partial charge on any atom is 0.335 e. The van der Waals surface area contributed by atoms with E-state index in [2.05, 4.69) is 31.5 Å². The van der Waals surface area contributed by atoms with Crippen molar-refractivity contribution in [1.29, 1.82) is 0 Å². The second-order valence-corrected chi connectivity index (χ2v) is 4.66. The molecule has 4 N–H and O–H groups in total. The number of nitrogens with two attached hydrogens (primary N) is 1. The van der Waals surface area contributed by atoms with Crippen LogP contribution in [0.4, 0.5) is 17.2 Å². The zero-order valence-corrected chi connectivity index (χ0v) is 10.5. The van der Waals surface area contributed by atoms with E-state index in [9.17, 15) is 10.1 Å². The molecule has 1 aliphatic heterocycles. The molecule has 2 rings (SSSR count). The average Bonchev–Trinajstić information content (AvgIpc) is 2.76. The minimum absolute atomic E-state index is 0.0772. The number of aromatic nitrogens is 1. The monoisotopic (exact) mass is 301 g/mol. The summed E-state index contributed by atoms with van der Waals surface area (Å²) in [4.78, 5) is 14.2.